The third-order valence-electron chi connectivity index (χ3n) is 3.90. The van der Waals surface area contributed by atoms with Crippen molar-refractivity contribution in [1.82, 2.24) is 10.2 Å². The van der Waals surface area contributed by atoms with Crippen molar-refractivity contribution in [2.45, 2.75) is 26.2 Å². The smallest absolute Gasteiger partial charge is 0.280 e. The average Bonchev–Trinajstić information content (AvgIpc) is 2.54. The SMILES string of the molecule is CC(C)(C)c1ccc2nnc(C(=O)Nc3cccc(F)c3)c(O)c2c1. The van der Waals surface area contributed by atoms with Crippen LogP contribution < -0.4 is 5.32 Å². The van der Waals surface area contributed by atoms with Crippen molar-refractivity contribution in [1.29, 1.82) is 0 Å². The third kappa shape index (κ3) is 3.42. The molecule has 0 unspecified atom stereocenters. The summed E-state index contributed by atoms with van der Waals surface area (Å²) in [6.07, 6.45) is 0. The minimum Gasteiger partial charge on any atom is -0.505 e. The summed E-state index contributed by atoms with van der Waals surface area (Å²) in [5.74, 6) is -1.37. The number of anilines is 1. The fraction of sp³-hybridized carbons (Fsp3) is 0.211. The van der Waals surface area contributed by atoms with E-state index in [1.165, 1.54) is 18.2 Å². The predicted octanol–water partition coefficient (Wildman–Crippen LogP) is 4.02. The van der Waals surface area contributed by atoms with Crippen molar-refractivity contribution < 1.29 is 14.3 Å². The molecular formula is C19H18FN3O2. The van der Waals surface area contributed by atoms with E-state index in [-0.39, 0.29) is 22.5 Å². The molecule has 25 heavy (non-hydrogen) atoms. The number of amides is 1. The Hall–Kier alpha value is -3.02. The first-order valence-corrected chi connectivity index (χ1v) is 7.82. The monoisotopic (exact) mass is 339 g/mol. The number of rotatable bonds is 2. The Morgan fingerprint density at radius 1 is 1.12 bits per heavy atom. The van der Waals surface area contributed by atoms with Crippen molar-refractivity contribution in [2.24, 2.45) is 0 Å². The number of carbonyl (C=O) groups excluding carboxylic acids is 1. The molecule has 0 aliphatic carbocycles. The first kappa shape index (κ1) is 16.8. The Kier molecular flexibility index (Phi) is 4.12. The van der Waals surface area contributed by atoms with Gasteiger partial charge >= 0.3 is 0 Å². The number of fused-ring (bicyclic) bond motifs is 1. The number of aromatic hydroxyl groups is 1. The van der Waals surface area contributed by atoms with Gasteiger partial charge in [-0.3, -0.25) is 4.79 Å². The summed E-state index contributed by atoms with van der Waals surface area (Å²) in [5, 5.41) is 21.3. The van der Waals surface area contributed by atoms with E-state index in [9.17, 15) is 14.3 Å². The number of nitrogens with zero attached hydrogens (tertiary/aromatic N) is 2. The summed E-state index contributed by atoms with van der Waals surface area (Å²) in [7, 11) is 0. The van der Waals surface area contributed by atoms with Gasteiger partial charge in [0.1, 0.15) is 5.82 Å². The molecule has 1 aromatic heterocycles. The van der Waals surface area contributed by atoms with Crippen LogP contribution in [0.2, 0.25) is 0 Å². The summed E-state index contributed by atoms with van der Waals surface area (Å²) in [6, 6.07) is 11.0. The fourth-order valence-electron chi connectivity index (χ4n) is 2.47. The molecule has 0 fully saturated rings. The second-order valence-electron chi connectivity index (χ2n) is 6.84. The van der Waals surface area contributed by atoms with E-state index in [1.807, 2.05) is 6.07 Å². The van der Waals surface area contributed by atoms with Gasteiger partial charge in [0.05, 0.1) is 5.52 Å². The standard InChI is InChI=1S/C19H18FN3O2/c1-19(2,3)11-7-8-15-14(9-11)17(24)16(23-22-15)18(25)21-13-6-4-5-12(20)10-13/h4-10H,1-3H3,(H,21,25)(H,22,24). The first-order valence-electron chi connectivity index (χ1n) is 7.82. The zero-order valence-electron chi connectivity index (χ0n) is 14.2. The molecule has 5 nitrogen and oxygen atoms in total. The molecule has 6 heteroatoms. The Morgan fingerprint density at radius 3 is 2.56 bits per heavy atom. The number of aromatic nitrogens is 2. The van der Waals surface area contributed by atoms with Crippen LogP contribution in [0.1, 0.15) is 36.8 Å². The van der Waals surface area contributed by atoms with Crippen molar-refractivity contribution >= 4 is 22.5 Å². The second-order valence-corrected chi connectivity index (χ2v) is 6.84. The number of hydrogen-bond acceptors (Lipinski definition) is 4. The van der Waals surface area contributed by atoms with Gasteiger partial charge in [-0.05, 0) is 41.3 Å². The van der Waals surface area contributed by atoms with Crippen LogP contribution in [-0.4, -0.2) is 21.2 Å². The van der Waals surface area contributed by atoms with Gasteiger partial charge in [-0.1, -0.05) is 32.9 Å². The quantitative estimate of drug-likeness (QED) is 0.739. The topological polar surface area (TPSA) is 75.1 Å². The number of carbonyl (C=O) groups is 1. The van der Waals surface area contributed by atoms with E-state index in [0.29, 0.717) is 10.9 Å². The minimum absolute atomic E-state index is 0.117. The maximum Gasteiger partial charge on any atom is 0.280 e. The van der Waals surface area contributed by atoms with Crippen LogP contribution in [-0.2, 0) is 5.41 Å². The highest BCUT2D eigenvalue weighted by Gasteiger charge is 2.20. The van der Waals surface area contributed by atoms with E-state index in [1.54, 1.807) is 18.2 Å². The summed E-state index contributed by atoms with van der Waals surface area (Å²) in [5.41, 5.74) is 1.44. The molecule has 1 amide bonds. The van der Waals surface area contributed by atoms with Gasteiger partial charge in [0.2, 0.25) is 0 Å². The van der Waals surface area contributed by atoms with Crippen LogP contribution >= 0.6 is 0 Å². The molecule has 0 saturated heterocycles. The van der Waals surface area contributed by atoms with E-state index in [2.05, 4.69) is 36.3 Å². The van der Waals surface area contributed by atoms with Crippen LogP contribution in [0.15, 0.2) is 42.5 Å². The Labute approximate surface area is 144 Å². The lowest BCUT2D eigenvalue weighted by atomic mass is 9.86. The Balaban J connectivity index is 2.01. The van der Waals surface area contributed by atoms with Gasteiger partial charge in [-0.25, -0.2) is 4.39 Å². The number of nitrogens with one attached hydrogen (secondary N) is 1. The predicted molar refractivity (Wildman–Crippen MR) is 94.3 cm³/mol. The molecule has 0 spiro atoms. The summed E-state index contributed by atoms with van der Waals surface area (Å²) >= 11 is 0. The third-order valence-corrected chi connectivity index (χ3v) is 3.90. The number of hydrogen-bond donors (Lipinski definition) is 2. The summed E-state index contributed by atoms with van der Waals surface area (Å²) in [6.45, 7) is 6.16. The van der Waals surface area contributed by atoms with Crippen molar-refractivity contribution in [3.05, 3.63) is 59.5 Å². The van der Waals surface area contributed by atoms with E-state index >= 15 is 0 Å². The van der Waals surface area contributed by atoms with Gasteiger partial charge in [0.15, 0.2) is 11.4 Å². The fourth-order valence-corrected chi connectivity index (χ4v) is 2.47. The lowest BCUT2D eigenvalue weighted by Crippen LogP contribution is -2.15. The molecule has 3 aromatic rings. The van der Waals surface area contributed by atoms with Gasteiger partial charge in [-0.2, -0.15) is 0 Å². The van der Waals surface area contributed by atoms with E-state index in [4.69, 9.17) is 0 Å². The van der Waals surface area contributed by atoms with Crippen molar-refractivity contribution in [2.75, 3.05) is 5.32 Å². The second kappa shape index (κ2) is 6.12. The normalized spacial score (nSPS) is 11.5. The summed E-state index contributed by atoms with van der Waals surface area (Å²) < 4.78 is 13.2. The summed E-state index contributed by atoms with van der Waals surface area (Å²) in [4.78, 5) is 12.4. The van der Waals surface area contributed by atoms with Crippen LogP contribution in [0, 0.1) is 5.82 Å². The number of benzene rings is 2. The van der Waals surface area contributed by atoms with Crippen LogP contribution in [0.25, 0.3) is 10.9 Å². The van der Waals surface area contributed by atoms with Gasteiger partial charge in [-0.15, -0.1) is 10.2 Å². The molecule has 1 heterocycles. The first-order chi connectivity index (χ1) is 11.8. The van der Waals surface area contributed by atoms with Crippen LogP contribution in [0.3, 0.4) is 0 Å². The molecule has 0 aliphatic rings. The number of halogens is 1. The molecule has 0 bridgehead atoms. The maximum absolute atomic E-state index is 13.2. The van der Waals surface area contributed by atoms with Gasteiger partial charge in [0.25, 0.3) is 5.91 Å². The molecule has 3 rings (SSSR count). The highest BCUT2D eigenvalue weighted by Crippen LogP contribution is 2.31. The molecule has 2 N–H and O–H groups in total. The van der Waals surface area contributed by atoms with Crippen molar-refractivity contribution in [3.63, 3.8) is 0 Å². The zero-order valence-corrected chi connectivity index (χ0v) is 14.2. The minimum atomic E-state index is -0.654. The molecule has 0 atom stereocenters. The van der Waals surface area contributed by atoms with Crippen LogP contribution in [0.5, 0.6) is 5.75 Å². The van der Waals surface area contributed by atoms with Crippen LogP contribution in [0.4, 0.5) is 10.1 Å². The van der Waals surface area contributed by atoms with E-state index in [0.717, 1.165) is 5.56 Å². The molecular weight excluding hydrogens is 321 g/mol. The molecule has 0 aliphatic heterocycles. The molecule has 128 valence electrons. The largest absolute Gasteiger partial charge is 0.505 e. The Morgan fingerprint density at radius 2 is 1.88 bits per heavy atom. The molecule has 0 radical (unpaired) electrons. The lowest BCUT2D eigenvalue weighted by Gasteiger charge is -2.19. The lowest BCUT2D eigenvalue weighted by molar-refractivity contribution is 0.101. The van der Waals surface area contributed by atoms with E-state index < -0.39 is 11.7 Å². The van der Waals surface area contributed by atoms with Gasteiger partial charge in [0, 0.05) is 11.1 Å². The highest BCUT2D eigenvalue weighted by molar-refractivity contribution is 6.07. The zero-order chi connectivity index (χ0) is 18.2. The highest BCUT2D eigenvalue weighted by atomic mass is 19.1. The average molecular weight is 339 g/mol. The van der Waals surface area contributed by atoms with Crippen molar-refractivity contribution in [3.8, 4) is 5.75 Å². The Bertz CT molecular complexity index is 965. The molecule has 2 aromatic carbocycles. The maximum atomic E-state index is 13.2. The molecule has 0 saturated carbocycles. The van der Waals surface area contributed by atoms with Gasteiger partial charge < -0.3 is 10.4 Å².